The summed E-state index contributed by atoms with van der Waals surface area (Å²) in [7, 11) is 0. The van der Waals surface area contributed by atoms with Crippen molar-refractivity contribution in [3.8, 4) is 0 Å². The van der Waals surface area contributed by atoms with Crippen LogP contribution in [0.25, 0.3) is 0 Å². The van der Waals surface area contributed by atoms with Crippen molar-refractivity contribution in [1.82, 2.24) is 5.43 Å². The van der Waals surface area contributed by atoms with E-state index in [1.165, 1.54) is 0 Å². The first-order valence-electron chi connectivity index (χ1n) is 3.37. The number of hydrogen-bond acceptors (Lipinski definition) is 2. The van der Waals surface area contributed by atoms with Gasteiger partial charge in [-0.15, -0.1) is 5.10 Å². The lowest BCUT2D eigenvalue weighted by molar-refractivity contribution is -0.127. The van der Waals surface area contributed by atoms with Gasteiger partial charge in [0.25, 0.3) is 0 Å². The molecule has 1 aliphatic rings. The highest BCUT2D eigenvalue weighted by Crippen LogP contribution is 2.25. The van der Waals surface area contributed by atoms with E-state index < -0.39 is 30.8 Å². The van der Waals surface area contributed by atoms with Crippen molar-refractivity contribution in [1.29, 1.82) is 0 Å². The minimum Gasteiger partial charge on any atom is -0.415 e. The minimum absolute atomic E-state index is 0.451. The van der Waals surface area contributed by atoms with Crippen LogP contribution in [0, 0.1) is 0 Å². The zero-order chi connectivity index (χ0) is 10.8. The monoisotopic (exact) mass is 215 g/mol. The molecule has 8 heteroatoms. The third-order valence-corrected chi connectivity index (χ3v) is 1.16. The van der Waals surface area contributed by atoms with Gasteiger partial charge in [0.2, 0.25) is 5.90 Å². The van der Waals surface area contributed by atoms with Gasteiger partial charge in [0.1, 0.15) is 0 Å². The van der Waals surface area contributed by atoms with Crippen molar-refractivity contribution in [3.05, 3.63) is 11.8 Å². The summed E-state index contributed by atoms with van der Waals surface area (Å²) < 4.78 is 62.1. The van der Waals surface area contributed by atoms with Gasteiger partial charge in [-0.1, -0.05) is 0 Å². The second-order valence-corrected chi connectivity index (χ2v) is 2.34. The van der Waals surface area contributed by atoms with Crippen LogP contribution < -0.4 is 5.43 Å². The first kappa shape index (κ1) is 10.7. The maximum absolute atomic E-state index is 11.8. The Balaban J connectivity index is 2.47. The molecule has 1 radical (unpaired) electrons. The number of halogens is 5. The first-order chi connectivity index (χ1) is 6.37. The van der Waals surface area contributed by atoms with Crippen LogP contribution in [0.2, 0.25) is 0 Å². The molecule has 0 N–H and O–H groups in total. The number of rotatable bonds is 2. The van der Waals surface area contributed by atoms with Gasteiger partial charge in [-0.2, -0.15) is 27.4 Å². The Hall–Kier alpha value is -1.34. The van der Waals surface area contributed by atoms with E-state index in [0.29, 0.717) is 0 Å². The van der Waals surface area contributed by atoms with Crippen LogP contribution in [-0.2, 0) is 4.74 Å². The van der Waals surface area contributed by atoms with E-state index in [4.69, 9.17) is 0 Å². The minimum atomic E-state index is -4.44. The summed E-state index contributed by atoms with van der Waals surface area (Å²) in [4.78, 5) is 0. The molecule has 1 heterocycles. The second kappa shape index (κ2) is 3.81. The SMILES string of the molecule is FC(F)OC1=N[N]C(CC(F)(F)F)=C1. The van der Waals surface area contributed by atoms with Crippen molar-refractivity contribution in [3.63, 3.8) is 0 Å². The third kappa shape index (κ3) is 3.58. The number of hydrogen-bond donors (Lipinski definition) is 0. The Kier molecular flexibility index (Phi) is 2.92. The van der Waals surface area contributed by atoms with E-state index in [2.05, 4.69) is 15.3 Å². The molecule has 1 aliphatic heterocycles. The summed E-state index contributed by atoms with van der Waals surface area (Å²) in [5, 5.41) is 2.99. The number of ether oxygens (including phenoxy) is 1. The first-order valence-corrected chi connectivity index (χ1v) is 3.37. The lowest BCUT2D eigenvalue weighted by atomic mass is 10.3. The number of nitrogens with zero attached hydrogens (tertiary/aromatic N) is 2. The summed E-state index contributed by atoms with van der Waals surface area (Å²) in [5.41, 5.74) is 2.58. The topological polar surface area (TPSA) is 35.7 Å². The fraction of sp³-hybridized carbons (Fsp3) is 0.500. The highest BCUT2D eigenvalue weighted by atomic mass is 19.4. The molecule has 0 fully saturated rings. The summed E-state index contributed by atoms with van der Waals surface area (Å²) >= 11 is 0. The van der Waals surface area contributed by atoms with Crippen molar-refractivity contribution in [2.24, 2.45) is 5.10 Å². The van der Waals surface area contributed by atoms with Gasteiger partial charge >= 0.3 is 12.8 Å². The largest absolute Gasteiger partial charge is 0.415 e. The zero-order valence-electron chi connectivity index (χ0n) is 6.55. The molecular formula is C6H4F5N2O. The van der Waals surface area contributed by atoms with E-state index in [0.717, 1.165) is 6.08 Å². The highest BCUT2D eigenvalue weighted by molar-refractivity contribution is 5.89. The predicted octanol–water partition coefficient (Wildman–Crippen LogP) is 1.99. The molecule has 0 saturated heterocycles. The van der Waals surface area contributed by atoms with Gasteiger partial charge in [0, 0.05) is 6.08 Å². The average Bonchev–Trinajstić information content (AvgIpc) is 2.30. The van der Waals surface area contributed by atoms with Gasteiger partial charge in [0.15, 0.2) is 0 Å². The Morgan fingerprint density at radius 2 is 2.00 bits per heavy atom. The predicted molar refractivity (Wildman–Crippen MR) is 35.4 cm³/mol. The zero-order valence-corrected chi connectivity index (χ0v) is 6.55. The summed E-state index contributed by atoms with van der Waals surface area (Å²) in [6.07, 6.45) is -5.03. The standard InChI is InChI=1S/C6H4F5N2O/c7-5(8)14-4-1-3(12-13-4)2-6(9,10)11/h1,5H,2H2. The van der Waals surface area contributed by atoms with Crippen molar-refractivity contribution < 1.29 is 26.7 Å². The molecule has 0 aromatic rings. The van der Waals surface area contributed by atoms with Gasteiger partial charge in [-0.25, -0.2) is 0 Å². The van der Waals surface area contributed by atoms with E-state index in [-0.39, 0.29) is 0 Å². The van der Waals surface area contributed by atoms with Crippen LogP contribution in [-0.4, -0.2) is 18.7 Å². The Labute approximate surface area is 75.2 Å². The molecule has 0 aromatic heterocycles. The number of alkyl halides is 5. The van der Waals surface area contributed by atoms with Crippen LogP contribution in [0.5, 0.6) is 0 Å². The van der Waals surface area contributed by atoms with Crippen LogP contribution in [0.4, 0.5) is 22.0 Å². The quantitative estimate of drug-likeness (QED) is 0.649. The van der Waals surface area contributed by atoms with Gasteiger partial charge in [0.05, 0.1) is 12.1 Å². The Bertz CT molecular complexity index is 270. The van der Waals surface area contributed by atoms with E-state index >= 15 is 0 Å². The Morgan fingerprint density at radius 3 is 2.50 bits per heavy atom. The summed E-state index contributed by atoms with van der Waals surface area (Å²) in [6.45, 7) is -3.12. The molecule has 3 nitrogen and oxygen atoms in total. The maximum atomic E-state index is 11.8. The van der Waals surface area contributed by atoms with E-state index in [1.807, 2.05) is 0 Å². The van der Waals surface area contributed by atoms with Crippen molar-refractivity contribution in [2.45, 2.75) is 19.2 Å². The van der Waals surface area contributed by atoms with Crippen LogP contribution in [0.15, 0.2) is 16.9 Å². The smallest absolute Gasteiger partial charge is 0.394 e. The molecule has 0 bridgehead atoms. The fourth-order valence-corrected chi connectivity index (χ4v) is 0.754. The molecule has 0 amide bonds. The molecule has 14 heavy (non-hydrogen) atoms. The highest BCUT2D eigenvalue weighted by Gasteiger charge is 2.31. The van der Waals surface area contributed by atoms with E-state index in [1.54, 1.807) is 0 Å². The molecule has 0 spiro atoms. The third-order valence-electron chi connectivity index (χ3n) is 1.16. The van der Waals surface area contributed by atoms with E-state index in [9.17, 15) is 22.0 Å². The lowest BCUT2D eigenvalue weighted by Crippen LogP contribution is -2.10. The summed E-state index contributed by atoms with van der Waals surface area (Å²) in [6, 6.07) is 0. The molecule has 0 saturated carbocycles. The van der Waals surface area contributed by atoms with Crippen molar-refractivity contribution in [2.75, 3.05) is 0 Å². The molecule has 0 aromatic carbocycles. The van der Waals surface area contributed by atoms with Crippen LogP contribution >= 0.6 is 0 Å². The normalized spacial score (nSPS) is 16.4. The van der Waals surface area contributed by atoms with Crippen LogP contribution in [0.3, 0.4) is 0 Å². The molecule has 0 aliphatic carbocycles. The van der Waals surface area contributed by atoms with Crippen molar-refractivity contribution >= 4 is 5.90 Å². The fourth-order valence-electron chi connectivity index (χ4n) is 0.754. The van der Waals surface area contributed by atoms with Crippen LogP contribution in [0.1, 0.15) is 6.42 Å². The molecule has 0 atom stereocenters. The second-order valence-electron chi connectivity index (χ2n) is 2.34. The molecule has 1 rings (SSSR count). The maximum Gasteiger partial charge on any atom is 0.394 e. The molecule has 0 unspecified atom stereocenters. The van der Waals surface area contributed by atoms with Gasteiger partial charge in [-0.05, 0) is 0 Å². The summed E-state index contributed by atoms with van der Waals surface area (Å²) in [5.74, 6) is -0.612. The molecule has 79 valence electrons. The molecular weight excluding hydrogens is 211 g/mol. The average molecular weight is 215 g/mol. The number of allylic oxidation sites excluding steroid dienone is 1. The van der Waals surface area contributed by atoms with Gasteiger partial charge < -0.3 is 4.74 Å². The lowest BCUT2D eigenvalue weighted by Gasteiger charge is -2.03. The van der Waals surface area contributed by atoms with Gasteiger partial charge in [-0.3, -0.25) is 0 Å². The Morgan fingerprint density at radius 1 is 1.36 bits per heavy atom.